The zero-order chi connectivity index (χ0) is 19.3. The van der Waals surface area contributed by atoms with Crippen molar-refractivity contribution < 1.29 is 22.0 Å². The maximum Gasteiger partial charge on any atom is 0.232 e. The van der Waals surface area contributed by atoms with E-state index in [0.29, 0.717) is 0 Å². The summed E-state index contributed by atoms with van der Waals surface area (Å²) in [6.07, 6.45) is 0.766. The molecule has 2 rings (SSSR count). The smallest absolute Gasteiger partial charge is 0.232 e. The number of nitrogens with zero attached hydrogens (tertiary/aromatic N) is 2. The molecule has 0 saturated carbocycles. The molecule has 0 spiro atoms. The molecule has 0 saturated heterocycles. The normalized spacial score (nSPS) is 10.8. The van der Waals surface area contributed by atoms with Crippen molar-refractivity contribution in [3.05, 3.63) is 59.7 Å². The fourth-order valence-corrected chi connectivity index (χ4v) is 3.14. The lowest BCUT2D eigenvalue weighted by Gasteiger charge is -2.22. The number of carbonyl (C=O) groups excluding carboxylic acids is 1. The molecular weight excluding hydrogens is 364 g/mol. The third-order valence-electron chi connectivity index (χ3n) is 3.41. The molecule has 0 fully saturated rings. The first-order chi connectivity index (χ1) is 12.2. The molecule has 1 N–H and O–H groups in total. The van der Waals surface area contributed by atoms with Gasteiger partial charge in [-0.15, -0.1) is 0 Å². The second-order valence-corrected chi connectivity index (χ2v) is 7.33. The van der Waals surface area contributed by atoms with Crippen LogP contribution in [0, 0.1) is 23.0 Å². The minimum atomic E-state index is -3.69. The predicted octanol–water partition coefficient (Wildman–Crippen LogP) is 2.63. The summed E-state index contributed by atoms with van der Waals surface area (Å²) < 4.78 is 51.0. The minimum absolute atomic E-state index is 0.0614. The maximum atomic E-state index is 13.2. The maximum absolute atomic E-state index is 13.2. The lowest BCUT2D eigenvalue weighted by atomic mass is 10.2. The summed E-state index contributed by atoms with van der Waals surface area (Å²) in [5.74, 6) is -2.71. The molecule has 0 aromatic heterocycles. The van der Waals surface area contributed by atoms with E-state index in [1.807, 2.05) is 6.07 Å². The highest BCUT2D eigenvalue weighted by atomic mass is 32.2. The van der Waals surface area contributed by atoms with Crippen molar-refractivity contribution in [1.82, 2.24) is 0 Å². The largest absolute Gasteiger partial charge is 0.326 e. The zero-order valence-electron chi connectivity index (χ0n) is 13.7. The first-order valence-corrected chi connectivity index (χ1v) is 9.28. The fraction of sp³-hybridized carbons (Fsp3) is 0.176. The Morgan fingerprint density at radius 1 is 1.19 bits per heavy atom. The standard InChI is InChI=1S/C17H15F2N3O3S/c1-26(24,25)22(14-4-2-3-12(9-14)11-20)8-7-17(23)21-13-5-6-15(18)16(19)10-13/h2-6,9-10H,7-8H2,1H3,(H,21,23). The summed E-state index contributed by atoms with van der Waals surface area (Å²) in [6.45, 7) is -0.177. The Hall–Kier alpha value is -2.99. The van der Waals surface area contributed by atoms with E-state index in [1.54, 1.807) is 0 Å². The molecule has 2 aromatic rings. The van der Waals surface area contributed by atoms with Crippen molar-refractivity contribution in [2.75, 3.05) is 22.4 Å². The summed E-state index contributed by atoms with van der Waals surface area (Å²) in [4.78, 5) is 12.0. The first kappa shape index (κ1) is 19.3. The van der Waals surface area contributed by atoms with Gasteiger partial charge in [0.15, 0.2) is 11.6 Å². The molecule has 0 heterocycles. The third-order valence-corrected chi connectivity index (χ3v) is 4.60. The van der Waals surface area contributed by atoms with E-state index in [0.717, 1.165) is 22.7 Å². The molecule has 0 bridgehead atoms. The van der Waals surface area contributed by atoms with Gasteiger partial charge in [-0.25, -0.2) is 17.2 Å². The number of anilines is 2. The van der Waals surface area contributed by atoms with Crippen molar-refractivity contribution in [1.29, 1.82) is 5.26 Å². The van der Waals surface area contributed by atoms with E-state index >= 15 is 0 Å². The van der Waals surface area contributed by atoms with Gasteiger partial charge in [0.1, 0.15) is 0 Å². The van der Waals surface area contributed by atoms with Gasteiger partial charge in [-0.05, 0) is 30.3 Å². The number of nitrogens with one attached hydrogen (secondary N) is 1. The van der Waals surface area contributed by atoms with Crippen LogP contribution in [0.15, 0.2) is 42.5 Å². The summed E-state index contributed by atoms with van der Waals surface area (Å²) in [5, 5.41) is 11.3. The zero-order valence-corrected chi connectivity index (χ0v) is 14.6. The van der Waals surface area contributed by atoms with Crippen LogP contribution >= 0.6 is 0 Å². The van der Waals surface area contributed by atoms with Gasteiger partial charge in [-0.1, -0.05) is 6.07 Å². The predicted molar refractivity (Wildman–Crippen MR) is 93.0 cm³/mol. The van der Waals surface area contributed by atoms with E-state index in [-0.39, 0.29) is 29.9 Å². The number of halogens is 2. The van der Waals surface area contributed by atoms with Crippen LogP contribution in [0.25, 0.3) is 0 Å². The Bertz CT molecular complexity index is 971. The van der Waals surface area contributed by atoms with Gasteiger partial charge in [0.25, 0.3) is 0 Å². The van der Waals surface area contributed by atoms with Gasteiger partial charge in [0.05, 0.1) is 23.6 Å². The van der Waals surface area contributed by atoms with Crippen LogP contribution in [-0.2, 0) is 14.8 Å². The summed E-state index contributed by atoms with van der Waals surface area (Å²) in [7, 11) is -3.69. The first-order valence-electron chi connectivity index (χ1n) is 7.43. The average molecular weight is 379 g/mol. The van der Waals surface area contributed by atoms with Crippen molar-refractivity contribution in [2.24, 2.45) is 0 Å². The van der Waals surface area contributed by atoms with Crippen LogP contribution in [-0.4, -0.2) is 27.1 Å². The molecule has 0 unspecified atom stereocenters. The Morgan fingerprint density at radius 2 is 1.92 bits per heavy atom. The van der Waals surface area contributed by atoms with Gasteiger partial charge >= 0.3 is 0 Å². The van der Waals surface area contributed by atoms with Crippen molar-refractivity contribution in [2.45, 2.75) is 6.42 Å². The van der Waals surface area contributed by atoms with Gasteiger partial charge in [-0.2, -0.15) is 5.26 Å². The highest BCUT2D eigenvalue weighted by Gasteiger charge is 2.19. The molecule has 0 aliphatic heterocycles. The number of hydrogen-bond donors (Lipinski definition) is 1. The average Bonchev–Trinajstić information content (AvgIpc) is 2.57. The van der Waals surface area contributed by atoms with Gasteiger partial charge in [-0.3, -0.25) is 9.10 Å². The van der Waals surface area contributed by atoms with Crippen LogP contribution < -0.4 is 9.62 Å². The van der Waals surface area contributed by atoms with Gasteiger partial charge in [0, 0.05) is 24.7 Å². The van der Waals surface area contributed by atoms with Crippen LogP contribution in [0.1, 0.15) is 12.0 Å². The SMILES string of the molecule is CS(=O)(=O)N(CCC(=O)Nc1ccc(F)c(F)c1)c1cccc(C#N)c1. The van der Waals surface area contributed by atoms with Crippen LogP contribution in [0.2, 0.25) is 0 Å². The van der Waals surface area contributed by atoms with Crippen molar-refractivity contribution in [3.8, 4) is 6.07 Å². The van der Waals surface area contributed by atoms with E-state index in [2.05, 4.69) is 5.32 Å². The molecule has 26 heavy (non-hydrogen) atoms. The van der Waals surface area contributed by atoms with E-state index in [9.17, 15) is 22.0 Å². The number of hydrogen-bond acceptors (Lipinski definition) is 4. The van der Waals surface area contributed by atoms with Crippen LogP contribution in [0.3, 0.4) is 0 Å². The van der Waals surface area contributed by atoms with Gasteiger partial charge in [0.2, 0.25) is 15.9 Å². The quantitative estimate of drug-likeness (QED) is 0.835. The molecule has 0 radical (unpaired) electrons. The van der Waals surface area contributed by atoms with E-state index < -0.39 is 27.6 Å². The topological polar surface area (TPSA) is 90.3 Å². The summed E-state index contributed by atoms with van der Waals surface area (Å²) in [5.41, 5.74) is 0.598. The van der Waals surface area contributed by atoms with Crippen LogP contribution in [0.4, 0.5) is 20.2 Å². The Balaban J connectivity index is 2.11. The number of amides is 1. The number of rotatable bonds is 6. The molecule has 0 aliphatic rings. The molecule has 1 amide bonds. The monoisotopic (exact) mass is 379 g/mol. The second-order valence-electron chi connectivity index (χ2n) is 5.42. The van der Waals surface area contributed by atoms with E-state index in [4.69, 9.17) is 5.26 Å². The molecule has 0 atom stereocenters. The third kappa shape index (κ3) is 5.00. The van der Waals surface area contributed by atoms with Gasteiger partial charge < -0.3 is 5.32 Å². The van der Waals surface area contributed by atoms with Crippen molar-refractivity contribution >= 4 is 27.3 Å². The molecule has 2 aromatic carbocycles. The Labute approximate surface area is 149 Å². The minimum Gasteiger partial charge on any atom is -0.326 e. The highest BCUT2D eigenvalue weighted by molar-refractivity contribution is 7.92. The highest BCUT2D eigenvalue weighted by Crippen LogP contribution is 2.20. The molecule has 9 heteroatoms. The molecule has 0 aliphatic carbocycles. The summed E-state index contributed by atoms with van der Waals surface area (Å²) >= 11 is 0. The van der Waals surface area contributed by atoms with Crippen LogP contribution in [0.5, 0.6) is 0 Å². The molecule has 136 valence electrons. The lowest BCUT2D eigenvalue weighted by Crippen LogP contribution is -2.33. The number of carbonyl (C=O) groups is 1. The number of sulfonamides is 1. The molecule has 6 nitrogen and oxygen atoms in total. The Kier molecular flexibility index (Phi) is 5.90. The molecular formula is C17H15F2N3O3S. The fourth-order valence-electron chi connectivity index (χ4n) is 2.22. The number of benzene rings is 2. The lowest BCUT2D eigenvalue weighted by molar-refractivity contribution is -0.116. The second kappa shape index (κ2) is 7.93. The number of nitriles is 1. The van der Waals surface area contributed by atoms with Crippen molar-refractivity contribution in [3.63, 3.8) is 0 Å². The van der Waals surface area contributed by atoms with E-state index in [1.165, 1.54) is 30.3 Å². The Morgan fingerprint density at radius 3 is 2.54 bits per heavy atom. The summed E-state index contributed by atoms with van der Waals surface area (Å²) in [6, 6.07) is 10.8.